The Bertz CT molecular complexity index is 1700. The van der Waals surface area contributed by atoms with Crippen molar-refractivity contribution < 1.29 is 24.6 Å². The molecule has 0 spiro atoms. The van der Waals surface area contributed by atoms with Gasteiger partial charge in [-0.25, -0.2) is 9.59 Å². The van der Waals surface area contributed by atoms with Crippen LogP contribution in [0, 0.1) is 50.7 Å². The molecule has 1 amide bonds. The van der Waals surface area contributed by atoms with Crippen molar-refractivity contribution in [1.82, 2.24) is 5.32 Å². The van der Waals surface area contributed by atoms with Crippen LogP contribution in [0.1, 0.15) is 125 Å². The van der Waals surface area contributed by atoms with Gasteiger partial charge in [-0.2, -0.15) is 0 Å². The lowest BCUT2D eigenvalue weighted by molar-refractivity contribution is -0.222. The van der Waals surface area contributed by atoms with Gasteiger partial charge in [0.2, 0.25) is 5.91 Å². The van der Waals surface area contributed by atoms with E-state index in [1.165, 1.54) is 31.3 Å². The van der Waals surface area contributed by atoms with Gasteiger partial charge in [-0.3, -0.25) is 4.79 Å². The smallest absolute Gasteiger partial charge is 0.335 e. The number of hydrogen-bond acceptors (Lipinski definition) is 4. The summed E-state index contributed by atoms with van der Waals surface area (Å²) in [6.45, 7) is 13.9. The van der Waals surface area contributed by atoms with Crippen LogP contribution in [0.2, 0.25) is 0 Å². The van der Waals surface area contributed by atoms with Gasteiger partial charge in [0, 0.05) is 18.8 Å². The summed E-state index contributed by atoms with van der Waals surface area (Å²) < 4.78 is 0. The highest BCUT2D eigenvalue weighted by Gasteiger charge is 2.70. The summed E-state index contributed by atoms with van der Waals surface area (Å²) in [5.74, 6) is 0.601. The van der Waals surface area contributed by atoms with E-state index >= 15 is 0 Å². The number of rotatable bonds is 8. The molecule has 2 aromatic carbocycles. The van der Waals surface area contributed by atoms with Gasteiger partial charge in [0.15, 0.2) is 0 Å². The number of fused-ring (bicyclic) bond motifs is 7. The SMILES string of the molecule is CC1(C)C(c2ccc(C(=O)O)cc2)=CC[C@]2(C)[C@H]3CC[C@@H]4[C@H]5CCC[C@]5(C(=O)NCCNc5ccc(C(=O)O)cc5)CC[C@@]4(C)[C@]3(C)CC[C@@H]12. The first-order chi connectivity index (χ1) is 23.7. The second kappa shape index (κ2) is 12.3. The van der Waals surface area contributed by atoms with Gasteiger partial charge in [0.05, 0.1) is 16.5 Å². The molecule has 0 radical (unpaired) electrons. The van der Waals surface area contributed by atoms with Crippen molar-refractivity contribution >= 4 is 29.1 Å². The highest BCUT2D eigenvalue weighted by molar-refractivity contribution is 5.89. The van der Waals surface area contributed by atoms with E-state index in [1.807, 2.05) is 12.1 Å². The molecular weight excluding hydrogens is 624 g/mol. The first-order valence-corrected chi connectivity index (χ1v) is 19.1. The molecule has 4 saturated carbocycles. The molecule has 8 atom stereocenters. The van der Waals surface area contributed by atoms with E-state index in [2.05, 4.69) is 51.3 Å². The lowest BCUT2D eigenvalue weighted by Gasteiger charge is -2.72. The van der Waals surface area contributed by atoms with Crippen LogP contribution in [0.25, 0.3) is 5.57 Å². The maximum Gasteiger partial charge on any atom is 0.335 e. The van der Waals surface area contributed by atoms with Gasteiger partial charge in [-0.05, 0) is 151 Å². The Balaban J connectivity index is 1.07. The number of nitrogens with one attached hydrogen (secondary N) is 2. The average Bonchev–Trinajstić information content (AvgIpc) is 3.52. The minimum absolute atomic E-state index is 0.0150. The van der Waals surface area contributed by atoms with Crippen LogP contribution in [0.3, 0.4) is 0 Å². The van der Waals surface area contributed by atoms with E-state index in [0.717, 1.165) is 49.8 Å². The molecule has 268 valence electrons. The molecule has 0 unspecified atom stereocenters. The number of amides is 1. The molecule has 4 N–H and O–H groups in total. The molecule has 50 heavy (non-hydrogen) atoms. The lowest BCUT2D eigenvalue weighted by atomic mass is 9.32. The van der Waals surface area contributed by atoms with Crippen molar-refractivity contribution in [3.63, 3.8) is 0 Å². The Kier molecular flexibility index (Phi) is 8.54. The van der Waals surface area contributed by atoms with Crippen molar-refractivity contribution in [2.24, 2.45) is 50.7 Å². The largest absolute Gasteiger partial charge is 0.478 e. The van der Waals surface area contributed by atoms with E-state index in [1.54, 1.807) is 36.4 Å². The maximum atomic E-state index is 14.1. The third-order valence-electron chi connectivity index (χ3n) is 15.7. The van der Waals surface area contributed by atoms with Gasteiger partial charge in [0.1, 0.15) is 0 Å². The Morgan fingerprint density at radius 1 is 0.700 bits per heavy atom. The zero-order chi connectivity index (χ0) is 35.7. The van der Waals surface area contributed by atoms with E-state index in [0.29, 0.717) is 42.3 Å². The molecule has 7 rings (SSSR count). The minimum Gasteiger partial charge on any atom is -0.478 e. The standard InChI is InChI=1S/C43H56N2O5/c1-39(2)31(27-8-10-28(11-9-27)36(46)47)18-21-40(3)34(39)19-22-42(5)35(40)17-16-32-33-7-6-20-43(33,24-23-41(32,42)4)38(50)45-26-25-44-30-14-12-29(13-15-30)37(48)49/h8-15,18,32-35,44H,6-7,16-17,19-26H2,1-5H3,(H,45,50)(H,46,47)(H,48,49)/t32-,33-,34+,35-,40+,41-,42-,43+/m1/s1. The Labute approximate surface area is 297 Å². The Hall–Kier alpha value is -3.61. The van der Waals surface area contributed by atoms with Crippen molar-refractivity contribution in [2.45, 2.75) is 98.8 Å². The fourth-order valence-electron chi connectivity index (χ4n) is 13.1. The number of allylic oxidation sites excluding steroid dienone is 2. The molecule has 0 aliphatic heterocycles. The zero-order valence-corrected chi connectivity index (χ0v) is 30.6. The van der Waals surface area contributed by atoms with Crippen LogP contribution in [-0.2, 0) is 4.79 Å². The maximum absolute atomic E-state index is 14.1. The van der Waals surface area contributed by atoms with E-state index in [4.69, 9.17) is 5.11 Å². The molecule has 5 aliphatic rings. The highest BCUT2D eigenvalue weighted by Crippen LogP contribution is 2.77. The van der Waals surface area contributed by atoms with E-state index < -0.39 is 11.9 Å². The number of benzene rings is 2. The number of anilines is 1. The van der Waals surface area contributed by atoms with Crippen LogP contribution in [-0.4, -0.2) is 41.1 Å². The minimum atomic E-state index is -0.935. The normalized spacial score (nSPS) is 36.9. The second-order valence-corrected chi connectivity index (χ2v) is 17.8. The number of carboxylic acids is 2. The molecule has 4 fully saturated rings. The molecule has 5 aliphatic carbocycles. The third-order valence-corrected chi connectivity index (χ3v) is 15.7. The average molecular weight is 681 g/mol. The summed E-state index contributed by atoms with van der Waals surface area (Å²) in [7, 11) is 0. The van der Waals surface area contributed by atoms with Gasteiger partial charge in [-0.1, -0.05) is 59.2 Å². The van der Waals surface area contributed by atoms with Gasteiger partial charge in [-0.15, -0.1) is 0 Å². The number of hydrogen-bond donors (Lipinski definition) is 4. The Morgan fingerprint density at radius 2 is 1.36 bits per heavy atom. The lowest BCUT2D eigenvalue weighted by Crippen LogP contribution is -2.65. The first kappa shape index (κ1) is 34.8. The van der Waals surface area contributed by atoms with Gasteiger partial charge >= 0.3 is 11.9 Å². The van der Waals surface area contributed by atoms with Crippen LogP contribution < -0.4 is 10.6 Å². The summed E-state index contributed by atoms with van der Waals surface area (Å²) in [6.07, 6.45) is 13.8. The molecule has 7 nitrogen and oxygen atoms in total. The summed E-state index contributed by atoms with van der Waals surface area (Å²) in [5, 5.41) is 25.3. The topological polar surface area (TPSA) is 116 Å². The number of carboxylic acid groups (broad SMARTS) is 2. The summed E-state index contributed by atoms with van der Waals surface area (Å²) in [6, 6.07) is 14.2. The summed E-state index contributed by atoms with van der Waals surface area (Å²) >= 11 is 0. The predicted octanol–water partition coefficient (Wildman–Crippen LogP) is 9.16. The number of aromatic carboxylic acids is 2. The Morgan fingerprint density at radius 3 is 2.02 bits per heavy atom. The number of carbonyl (C=O) groups excluding carboxylic acids is 1. The number of carbonyl (C=O) groups is 3. The van der Waals surface area contributed by atoms with Crippen molar-refractivity contribution in [1.29, 1.82) is 0 Å². The summed E-state index contributed by atoms with van der Waals surface area (Å²) in [4.78, 5) is 36.8. The molecule has 0 saturated heterocycles. The third kappa shape index (κ3) is 5.15. The molecule has 2 aromatic rings. The van der Waals surface area contributed by atoms with Gasteiger partial charge in [0.25, 0.3) is 0 Å². The monoisotopic (exact) mass is 680 g/mol. The fourth-order valence-corrected chi connectivity index (χ4v) is 13.1. The molecule has 0 aromatic heterocycles. The molecule has 0 heterocycles. The van der Waals surface area contributed by atoms with Crippen LogP contribution >= 0.6 is 0 Å². The zero-order valence-electron chi connectivity index (χ0n) is 30.6. The van der Waals surface area contributed by atoms with Crippen molar-refractivity contribution in [3.8, 4) is 0 Å². The first-order valence-electron chi connectivity index (χ1n) is 19.1. The predicted molar refractivity (Wildman–Crippen MR) is 197 cm³/mol. The second-order valence-electron chi connectivity index (χ2n) is 17.8. The van der Waals surface area contributed by atoms with Crippen LogP contribution in [0.5, 0.6) is 0 Å². The van der Waals surface area contributed by atoms with E-state index in [-0.39, 0.29) is 38.5 Å². The van der Waals surface area contributed by atoms with E-state index in [9.17, 15) is 19.5 Å². The molecule has 7 heteroatoms. The van der Waals surface area contributed by atoms with Crippen LogP contribution in [0.4, 0.5) is 5.69 Å². The molecule has 0 bridgehead atoms. The fraction of sp³-hybridized carbons (Fsp3) is 0.605. The highest BCUT2D eigenvalue weighted by atomic mass is 16.4. The quantitative estimate of drug-likeness (QED) is 0.207. The van der Waals surface area contributed by atoms with Crippen molar-refractivity contribution in [3.05, 3.63) is 71.3 Å². The van der Waals surface area contributed by atoms with Crippen LogP contribution in [0.15, 0.2) is 54.6 Å². The summed E-state index contributed by atoms with van der Waals surface area (Å²) in [5.41, 5.74) is 4.30. The van der Waals surface area contributed by atoms with Crippen molar-refractivity contribution in [2.75, 3.05) is 18.4 Å². The van der Waals surface area contributed by atoms with Gasteiger partial charge < -0.3 is 20.8 Å². The molecular formula is C43H56N2O5.